The maximum absolute atomic E-state index is 14.2. The van der Waals surface area contributed by atoms with Gasteiger partial charge in [-0.1, -0.05) is 0 Å². The van der Waals surface area contributed by atoms with Gasteiger partial charge in [0.25, 0.3) is 6.04 Å². The SMILES string of the molecule is CCNc1nc(Nc2c[nH][n+](C3CNCCC3(F)F)c2C)ncc1C(F)(F)F. The predicted molar refractivity (Wildman–Crippen MR) is 91.7 cm³/mol. The number of anilines is 3. The second-order valence-corrected chi connectivity index (χ2v) is 6.48. The predicted octanol–water partition coefficient (Wildman–Crippen LogP) is 2.76. The number of rotatable bonds is 5. The summed E-state index contributed by atoms with van der Waals surface area (Å²) in [7, 11) is 0. The van der Waals surface area contributed by atoms with Crippen LogP contribution in [-0.4, -0.2) is 40.6 Å². The third-order valence-electron chi connectivity index (χ3n) is 4.56. The van der Waals surface area contributed by atoms with Crippen LogP contribution in [0.25, 0.3) is 0 Å². The highest BCUT2D eigenvalue weighted by atomic mass is 19.4. The maximum atomic E-state index is 14.2. The van der Waals surface area contributed by atoms with Crippen LogP contribution in [0.1, 0.15) is 30.6 Å². The van der Waals surface area contributed by atoms with Gasteiger partial charge in [-0.25, -0.2) is 4.98 Å². The van der Waals surface area contributed by atoms with Crippen LogP contribution in [-0.2, 0) is 6.18 Å². The molecule has 0 radical (unpaired) electrons. The van der Waals surface area contributed by atoms with Gasteiger partial charge in [-0.15, -0.1) is 4.68 Å². The van der Waals surface area contributed by atoms with E-state index in [1.165, 1.54) is 10.9 Å². The zero-order valence-corrected chi connectivity index (χ0v) is 15.3. The molecule has 1 unspecified atom stereocenters. The molecule has 3 heterocycles. The van der Waals surface area contributed by atoms with Gasteiger partial charge >= 0.3 is 12.1 Å². The van der Waals surface area contributed by atoms with Crippen molar-refractivity contribution in [3.8, 4) is 0 Å². The Morgan fingerprint density at radius 1 is 1.36 bits per heavy atom. The highest BCUT2D eigenvalue weighted by Gasteiger charge is 2.50. The van der Waals surface area contributed by atoms with Crippen molar-refractivity contribution in [2.24, 2.45) is 0 Å². The molecule has 2 aromatic rings. The van der Waals surface area contributed by atoms with E-state index in [1.807, 2.05) is 0 Å². The number of hydrogen-bond donors (Lipinski definition) is 4. The molecule has 1 atom stereocenters. The molecule has 3 rings (SSSR count). The van der Waals surface area contributed by atoms with Gasteiger partial charge < -0.3 is 16.0 Å². The Hall–Kier alpha value is -2.50. The minimum absolute atomic E-state index is 0.0771. The zero-order valence-electron chi connectivity index (χ0n) is 15.3. The lowest BCUT2D eigenvalue weighted by atomic mass is 10.0. The van der Waals surface area contributed by atoms with Crippen LogP contribution in [0.4, 0.5) is 39.4 Å². The highest BCUT2D eigenvalue weighted by molar-refractivity contribution is 5.56. The van der Waals surface area contributed by atoms with Gasteiger partial charge in [0.1, 0.15) is 17.1 Å². The Kier molecular flexibility index (Phi) is 5.41. The molecule has 0 saturated carbocycles. The van der Waals surface area contributed by atoms with Crippen molar-refractivity contribution in [1.29, 1.82) is 0 Å². The smallest absolute Gasteiger partial charge is 0.370 e. The number of piperidine rings is 1. The van der Waals surface area contributed by atoms with Crippen LogP contribution in [0.3, 0.4) is 0 Å². The lowest BCUT2D eigenvalue weighted by Crippen LogP contribution is -2.59. The molecule has 1 aliphatic heterocycles. The lowest BCUT2D eigenvalue weighted by molar-refractivity contribution is -0.792. The summed E-state index contributed by atoms with van der Waals surface area (Å²) in [6, 6.07) is -1.09. The van der Waals surface area contributed by atoms with Crippen molar-refractivity contribution in [3.63, 3.8) is 0 Å². The van der Waals surface area contributed by atoms with E-state index in [-0.39, 0.29) is 37.8 Å². The third-order valence-corrected chi connectivity index (χ3v) is 4.56. The third kappa shape index (κ3) is 4.01. The van der Waals surface area contributed by atoms with Crippen LogP contribution in [0.15, 0.2) is 12.4 Å². The summed E-state index contributed by atoms with van der Waals surface area (Å²) in [4.78, 5) is 7.59. The molecule has 0 spiro atoms. The van der Waals surface area contributed by atoms with E-state index in [2.05, 4.69) is 31.0 Å². The molecule has 4 N–H and O–H groups in total. The van der Waals surface area contributed by atoms with Gasteiger partial charge in [0.2, 0.25) is 11.6 Å². The average Bonchev–Trinajstić information content (AvgIpc) is 2.94. The van der Waals surface area contributed by atoms with Gasteiger partial charge in [-0.3, -0.25) is 0 Å². The van der Waals surface area contributed by atoms with E-state index in [9.17, 15) is 22.0 Å². The fraction of sp³-hybridized carbons (Fsp3) is 0.562. The Labute approximate surface area is 157 Å². The number of aromatic nitrogens is 4. The molecule has 0 bridgehead atoms. The highest BCUT2D eigenvalue weighted by Crippen LogP contribution is 2.34. The van der Waals surface area contributed by atoms with E-state index < -0.39 is 23.7 Å². The van der Waals surface area contributed by atoms with E-state index in [1.54, 1.807) is 13.8 Å². The summed E-state index contributed by atoms with van der Waals surface area (Å²) in [6.07, 6.45) is -2.74. The molecular weight excluding hydrogens is 385 g/mol. The number of halogens is 5. The summed E-state index contributed by atoms with van der Waals surface area (Å²) >= 11 is 0. The monoisotopic (exact) mass is 406 g/mol. The molecular formula is C16H21F5N7+. The first kappa shape index (κ1) is 20.2. The summed E-state index contributed by atoms with van der Waals surface area (Å²) in [5, 5.41) is 11.1. The molecule has 0 amide bonds. The maximum Gasteiger partial charge on any atom is 0.421 e. The standard InChI is InChI=1S/C16H20F5N7/c1-3-23-13-10(16(19,20)21)6-24-14(27-13)26-11-7-25-28(9(11)2)12-8-22-5-4-15(12,17)18/h6-7,12,22H,3-5,8H2,1-2H3,(H2,23,24,26,27)/p+1. The molecule has 1 saturated heterocycles. The number of aromatic amines is 1. The molecule has 7 nitrogen and oxygen atoms in total. The normalized spacial score (nSPS) is 19.5. The molecule has 0 aliphatic carbocycles. The first-order valence-corrected chi connectivity index (χ1v) is 8.76. The molecule has 2 aromatic heterocycles. The first-order chi connectivity index (χ1) is 13.1. The lowest BCUT2D eigenvalue weighted by Gasteiger charge is -2.26. The summed E-state index contributed by atoms with van der Waals surface area (Å²) in [5.41, 5.74) is -0.126. The Bertz CT molecular complexity index is 833. The Balaban J connectivity index is 1.87. The van der Waals surface area contributed by atoms with Gasteiger partial charge in [-0.2, -0.15) is 32.0 Å². The topological polar surface area (TPSA) is 81.5 Å². The number of nitrogens with one attached hydrogen (secondary N) is 4. The van der Waals surface area contributed by atoms with Crippen molar-refractivity contribution < 1.29 is 26.6 Å². The summed E-state index contributed by atoms with van der Waals surface area (Å²) in [6.45, 7) is 3.85. The largest absolute Gasteiger partial charge is 0.421 e. The number of nitrogens with zero attached hydrogens (tertiary/aromatic N) is 3. The Morgan fingerprint density at radius 3 is 2.75 bits per heavy atom. The van der Waals surface area contributed by atoms with Crippen LogP contribution >= 0.6 is 0 Å². The van der Waals surface area contributed by atoms with E-state index in [0.29, 0.717) is 17.6 Å². The summed E-state index contributed by atoms with van der Waals surface area (Å²) in [5.74, 6) is -3.31. The summed E-state index contributed by atoms with van der Waals surface area (Å²) < 4.78 is 68.9. The molecule has 1 fully saturated rings. The van der Waals surface area contributed by atoms with Crippen LogP contribution in [0, 0.1) is 6.92 Å². The van der Waals surface area contributed by atoms with Crippen molar-refractivity contribution in [2.45, 2.75) is 38.4 Å². The molecule has 154 valence electrons. The molecule has 12 heteroatoms. The second kappa shape index (κ2) is 7.49. The van der Waals surface area contributed by atoms with E-state index in [4.69, 9.17) is 0 Å². The van der Waals surface area contributed by atoms with Crippen molar-refractivity contribution in [3.05, 3.63) is 23.7 Å². The van der Waals surface area contributed by atoms with Crippen molar-refractivity contribution in [2.75, 3.05) is 30.3 Å². The number of hydrogen-bond acceptors (Lipinski definition) is 5. The van der Waals surface area contributed by atoms with Gasteiger partial charge in [-0.05, 0) is 6.92 Å². The van der Waals surface area contributed by atoms with Gasteiger partial charge in [0, 0.05) is 32.6 Å². The fourth-order valence-corrected chi connectivity index (χ4v) is 3.08. The van der Waals surface area contributed by atoms with Crippen LogP contribution in [0.2, 0.25) is 0 Å². The average molecular weight is 406 g/mol. The minimum Gasteiger partial charge on any atom is -0.370 e. The second-order valence-electron chi connectivity index (χ2n) is 6.48. The minimum atomic E-state index is -4.59. The quantitative estimate of drug-likeness (QED) is 0.454. The van der Waals surface area contributed by atoms with Gasteiger partial charge in [0.15, 0.2) is 0 Å². The van der Waals surface area contributed by atoms with Crippen molar-refractivity contribution in [1.82, 2.24) is 20.4 Å². The van der Waals surface area contributed by atoms with Crippen molar-refractivity contribution >= 4 is 17.5 Å². The van der Waals surface area contributed by atoms with Crippen LogP contribution < -0.4 is 20.6 Å². The Morgan fingerprint density at radius 2 is 2.11 bits per heavy atom. The zero-order chi connectivity index (χ0) is 20.5. The fourth-order valence-electron chi connectivity index (χ4n) is 3.08. The molecule has 0 aromatic carbocycles. The number of H-pyrrole nitrogens is 1. The van der Waals surface area contributed by atoms with Crippen LogP contribution in [0.5, 0.6) is 0 Å². The molecule has 28 heavy (non-hydrogen) atoms. The van der Waals surface area contributed by atoms with Gasteiger partial charge in [0.05, 0.1) is 12.7 Å². The van der Waals surface area contributed by atoms with E-state index >= 15 is 0 Å². The van der Waals surface area contributed by atoms with E-state index in [0.717, 1.165) is 0 Å². The molecule has 1 aliphatic rings. The number of alkyl halides is 5. The first-order valence-electron chi connectivity index (χ1n) is 8.76.